The van der Waals surface area contributed by atoms with Crippen LogP contribution in [0.1, 0.15) is 30.1 Å². The average Bonchev–Trinajstić information content (AvgIpc) is 2.93. The molecule has 106 valence electrons. The van der Waals surface area contributed by atoms with E-state index in [1.807, 2.05) is 33.8 Å². The van der Waals surface area contributed by atoms with Gasteiger partial charge < -0.3 is 15.0 Å². The van der Waals surface area contributed by atoms with Gasteiger partial charge in [-0.05, 0) is 30.9 Å². The highest BCUT2D eigenvalue weighted by Gasteiger charge is 2.31. The third kappa shape index (κ3) is 2.18. The number of nitrogens with zero attached hydrogens (tertiary/aromatic N) is 3. The number of carbonyl (C=O) groups is 1. The first-order valence-corrected chi connectivity index (χ1v) is 7.14. The molecule has 0 bridgehead atoms. The van der Waals surface area contributed by atoms with E-state index in [0.717, 1.165) is 25.0 Å². The minimum atomic E-state index is 0.0719. The zero-order valence-corrected chi connectivity index (χ0v) is 11.7. The van der Waals surface area contributed by atoms with E-state index in [1.165, 1.54) is 0 Å². The Morgan fingerprint density at radius 2 is 2.35 bits per heavy atom. The molecule has 1 fully saturated rings. The van der Waals surface area contributed by atoms with Crippen molar-refractivity contribution in [2.45, 2.75) is 25.8 Å². The first-order valence-electron chi connectivity index (χ1n) is 7.14. The van der Waals surface area contributed by atoms with Gasteiger partial charge in [-0.2, -0.15) is 0 Å². The van der Waals surface area contributed by atoms with Gasteiger partial charge in [-0.1, -0.05) is 6.92 Å². The highest BCUT2D eigenvalue weighted by molar-refractivity contribution is 5.94. The van der Waals surface area contributed by atoms with Gasteiger partial charge in [0.15, 0.2) is 0 Å². The highest BCUT2D eigenvalue weighted by Crippen LogP contribution is 2.24. The van der Waals surface area contributed by atoms with Gasteiger partial charge in [-0.25, -0.2) is 4.98 Å². The molecule has 0 spiro atoms. The molecule has 2 unspecified atom stereocenters. The van der Waals surface area contributed by atoms with Gasteiger partial charge in [0, 0.05) is 37.7 Å². The maximum Gasteiger partial charge on any atom is 0.255 e. The van der Waals surface area contributed by atoms with Crippen molar-refractivity contribution in [3.05, 3.63) is 36.3 Å². The van der Waals surface area contributed by atoms with Crippen molar-refractivity contribution in [2.24, 2.45) is 11.7 Å². The summed E-state index contributed by atoms with van der Waals surface area (Å²) in [6.45, 7) is 3.50. The lowest BCUT2D eigenvalue weighted by Gasteiger charge is -2.39. The molecule has 3 heterocycles. The quantitative estimate of drug-likeness (QED) is 0.902. The highest BCUT2D eigenvalue weighted by atomic mass is 16.2. The molecule has 1 aliphatic heterocycles. The standard InChI is InChI=1S/C15H20N4O/c1-11-3-2-7-19(13(11)9-16)15(20)12-4-5-14-17-6-8-18(14)10-12/h4-6,8,10-11,13H,2-3,7,9,16H2,1H3. The second kappa shape index (κ2) is 5.25. The molecule has 1 amide bonds. The van der Waals surface area contributed by atoms with E-state index >= 15 is 0 Å². The summed E-state index contributed by atoms with van der Waals surface area (Å²) in [5.74, 6) is 0.539. The van der Waals surface area contributed by atoms with Gasteiger partial charge in [-0.3, -0.25) is 4.79 Å². The largest absolute Gasteiger partial charge is 0.334 e. The van der Waals surface area contributed by atoms with Crippen molar-refractivity contribution in [3.8, 4) is 0 Å². The van der Waals surface area contributed by atoms with Crippen molar-refractivity contribution in [3.63, 3.8) is 0 Å². The van der Waals surface area contributed by atoms with Gasteiger partial charge >= 0.3 is 0 Å². The Hall–Kier alpha value is -1.88. The topological polar surface area (TPSA) is 63.6 Å². The van der Waals surface area contributed by atoms with Crippen molar-refractivity contribution < 1.29 is 4.79 Å². The number of piperidine rings is 1. The number of fused-ring (bicyclic) bond motifs is 1. The van der Waals surface area contributed by atoms with E-state index in [9.17, 15) is 4.79 Å². The number of amides is 1. The van der Waals surface area contributed by atoms with Crippen LogP contribution in [-0.4, -0.2) is 39.3 Å². The van der Waals surface area contributed by atoms with E-state index in [2.05, 4.69) is 11.9 Å². The summed E-state index contributed by atoms with van der Waals surface area (Å²) in [5, 5.41) is 0. The van der Waals surface area contributed by atoms with E-state index in [-0.39, 0.29) is 11.9 Å². The third-order valence-electron chi connectivity index (χ3n) is 4.25. The Balaban J connectivity index is 1.90. The van der Waals surface area contributed by atoms with Crippen molar-refractivity contribution in [1.29, 1.82) is 0 Å². The molecule has 2 aromatic heterocycles. The summed E-state index contributed by atoms with van der Waals surface area (Å²) in [6.07, 6.45) is 7.63. The van der Waals surface area contributed by atoms with E-state index in [1.54, 1.807) is 6.20 Å². The number of pyridine rings is 1. The fourth-order valence-corrected chi connectivity index (χ4v) is 3.07. The lowest BCUT2D eigenvalue weighted by molar-refractivity contribution is 0.0532. The van der Waals surface area contributed by atoms with Gasteiger partial charge in [0.05, 0.1) is 5.56 Å². The van der Waals surface area contributed by atoms with Crippen LogP contribution in [0.15, 0.2) is 30.7 Å². The molecule has 5 heteroatoms. The van der Waals surface area contributed by atoms with Crippen LogP contribution < -0.4 is 5.73 Å². The first-order chi connectivity index (χ1) is 9.70. The predicted molar refractivity (Wildman–Crippen MR) is 77.5 cm³/mol. The normalized spacial score (nSPS) is 23.2. The van der Waals surface area contributed by atoms with Crippen LogP contribution >= 0.6 is 0 Å². The second-order valence-electron chi connectivity index (χ2n) is 5.53. The van der Waals surface area contributed by atoms with Crippen molar-refractivity contribution >= 4 is 11.6 Å². The van der Waals surface area contributed by atoms with Gasteiger partial charge in [-0.15, -0.1) is 0 Å². The molecule has 1 saturated heterocycles. The minimum absolute atomic E-state index is 0.0719. The molecule has 0 saturated carbocycles. The van der Waals surface area contributed by atoms with Crippen molar-refractivity contribution in [2.75, 3.05) is 13.1 Å². The smallest absolute Gasteiger partial charge is 0.255 e. The number of aromatic nitrogens is 2. The fourth-order valence-electron chi connectivity index (χ4n) is 3.07. The second-order valence-corrected chi connectivity index (χ2v) is 5.53. The molecule has 2 N–H and O–H groups in total. The Morgan fingerprint density at radius 1 is 1.50 bits per heavy atom. The number of likely N-dealkylation sites (tertiary alicyclic amines) is 1. The number of hydrogen-bond acceptors (Lipinski definition) is 3. The van der Waals surface area contributed by atoms with Crippen LogP contribution in [-0.2, 0) is 0 Å². The number of rotatable bonds is 2. The van der Waals surface area contributed by atoms with E-state index in [0.29, 0.717) is 18.0 Å². The van der Waals surface area contributed by atoms with Crippen LogP contribution in [0.25, 0.3) is 5.65 Å². The molecule has 2 aromatic rings. The zero-order valence-electron chi connectivity index (χ0n) is 11.7. The van der Waals surface area contributed by atoms with Gasteiger partial charge in [0.1, 0.15) is 5.65 Å². The molecule has 3 rings (SSSR count). The number of carbonyl (C=O) groups excluding carboxylic acids is 1. The zero-order chi connectivity index (χ0) is 14.1. The lowest BCUT2D eigenvalue weighted by atomic mass is 9.90. The number of hydrogen-bond donors (Lipinski definition) is 1. The number of nitrogens with two attached hydrogens (primary N) is 1. The van der Waals surface area contributed by atoms with Crippen molar-refractivity contribution in [1.82, 2.24) is 14.3 Å². The Morgan fingerprint density at radius 3 is 3.15 bits per heavy atom. The lowest BCUT2D eigenvalue weighted by Crippen LogP contribution is -2.51. The summed E-state index contributed by atoms with van der Waals surface area (Å²) in [6, 6.07) is 3.87. The molecule has 1 aliphatic rings. The van der Waals surface area contributed by atoms with E-state index < -0.39 is 0 Å². The summed E-state index contributed by atoms with van der Waals surface area (Å²) in [4.78, 5) is 18.8. The average molecular weight is 272 g/mol. The predicted octanol–water partition coefficient (Wildman–Crippen LogP) is 1.53. The van der Waals surface area contributed by atoms with Crippen LogP contribution in [0, 0.1) is 5.92 Å². The first kappa shape index (κ1) is 13.1. The minimum Gasteiger partial charge on any atom is -0.334 e. The molecule has 0 aliphatic carbocycles. The maximum atomic E-state index is 12.7. The molecule has 0 radical (unpaired) electrons. The SMILES string of the molecule is CC1CCCN(C(=O)c2ccc3nccn3c2)C1CN. The third-order valence-corrected chi connectivity index (χ3v) is 4.25. The number of imidazole rings is 1. The molecule has 2 atom stereocenters. The monoisotopic (exact) mass is 272 g/mol. The molecule has 5 nitrogen and oxygen atoms in total. The summed E-state index contributed by atoms with van der Waals surface area (Å²) in [7, 11) is 0. The van der Waals surface area contributed by atoms with Crippen LogP contribution in [0.5, 0.6) is 0 Å². The molecule has 20 heavy (non-hydrogen) atoms. The summed E-state index contributed by atoms with van der Waals surface area (Å²) in [5.41, 5.74) is 7.41. The molecular formula is C15H20N4O. The van der Waals surface area contributed by atoms with Crippen LogP contribution in [0.3, 0.4) is 0 Å². The Labute approximate surface area is 118 Å². The Bertz CT molecular complexity index is 621. The summed E-state index contributed by atoms with van der Waals surface area (Å²) >= 11 is 0. The van der Waals surface area contributed by atoms with Crippen LogP contribution in [0.4, 0.5) is 0 Å². The van der Waals surface area contributed by atoms with Gasteiger partial charge in [0.25, 0.3) is 5.91 Å². The molecule has 0 aromatic carbocycles. The van der Waals surface area contributed by atoms with Crippen LogP contribution in [0.2, 0.25) is 0 Å². The molecular weight excluding hydrogens is 252 g/mol. The van der Waals surface area contributed by atoms with E-state index in [4.69, 9.17) is 5.73 Å². The Kier molecular flexibility index (Phi) is 3.44. The maximum absolute atomic E-state index is 12.7. The van der Waals surface area contributed by atoms with Gasteiger partial charge in [0.2, 0.25) is 0 Å². The fraction of sp³-hybridized carbons (Fsp3) is 0.467. The summed E-state index contributed by atoms with van der Waals surface area (Å²) < 4.78 is 1.87.